The Morgan fingerprint density at radius 2 is 1.55 bits per heavy atom. The molecule has 7 heteroatoms. The van der Waals surface area contributed by atoms with Gasteiger partial charge in [-0.05, 0) is 42.3 Å². The standard InChI is InChI=1S/C22H31N3O3S/c1-22(2,3)17-24(4)16-21(26)23-19-11-13-20(14-12-19)29(27,28)25(5)15-18-9-7-6-8-10-18/h6-14H,15-17H2,1-5H3,(H,23,26). The van der Waals surface area contributed by atoms with E-state index in [-0.39, 0.29) is 22.8 Å². The molecule has 0 aromatic heterocycles. The van der Waals surface area contributed by atoms with Gasteiger partial charge in [-0.15, -0.1) is 0 Å². The number of amides is 1. The molecule has 0 aliphatic carbocycles. The van der Waals surface area contributed by atoms with Crippen molar-refractivity contribution in [2.24, 2.45) is 5.41 Å². The van der Waals surface area contributed by atoms with Gasteiger partial charge in [0.1, 0.15) is 0 Å². The van der Waals surface area contributed by atoms with Crippen molar-refractivity contribution in [1.82, 2.24) is 9.21 Å². The van der Waals surface area contributed by atoms with Gasteiger partial charge in [-0.2, -0.15) is 4.31 Å². The fourth-order valence-corrected chi connectivity index (χ4v) is 4.29. The molecule has 0 aliphatic rings. The molecule has 2 rings (SSSR count). The summed E-state index contributed by atoms with van der Waals surface area (Å²) in [6.45, 7) is 7.73. The Morgan fingerprint density at radius 1 is 0.966 bits per heavy atom. The van der Waals surface area contributed by atoms with Crippen molar-refractivity contribution in [2.75, 3.05) is 32.5 Å². The molecular formula is C22H31N3O3S. The second-order valence-electron chi connectivity index (χ2n) is 8.55. The number of nitrogens with zero attached hydrogens (tertiary/aromatic N) is 2. The van der Waals surface area contributed by atoms with E-state index in [4.69, 9.17) is 0 Å². The highest BCUT2D eigenvalue weighted by molar-refractivity contribution is 7.89. The SMILES string of the molecule is CN(CC(=O)Nc1ccc(S(=O)(=O)N(C)Cc2ccccc2)cc1)CC(C)(C)C. The van der Waals surface area contributed by atoms with Crippen molar-refractivity contribution in [2.45, 2.75) is 32.2 Å². The van der Waals surface area contributed by atoms with Gasteiger partial charge in [0.05, 0.1) is 11.4 Å². The van der Waals surface area contributed by atoms with Crippen molar-refractivity contribution >= 4 is 21.6 Å². The van der Waals surface area contributed by atoms with Gasteiger partial charge >= 0.3 is 0 Å². The Kier molecular flexibility index (Phi) is 7.57. The highest BCUT2D eigenvalue weighted by Crippen LogP contribution is 2.19. The molecule has 0 aliphatic heterocycles. The molecule has 2 aromatic rings. The lowest BCUT2D eigenvalue weighted by Gasteiger charge is -2.25. The second kappa shape index (κ2) is 9.52. The van der Waals surface area contributed by atoms with Crippen LogP contribution in [0.15, 0.2) is 59.5 Å². The molecular weight excluding hydrogens is 386 g/mol. The summed E-state index contributed by atoms with van der Waals surface area (Å²) in [5.41, 5.74) is 1.60. The van der Waals surface area contributed by atoms with Crippen LogP contribution >= 0.6 is 0 Å². The van der Waals surface area contributed by atoms with Crippen LogP contribution in [0.3, 0.4) is 0 Å². The van der Waals surface area contributed by atoms with E-state index >= 15 is 0 Å². The maximum absolute atomic E-state index is 12.8. The first-order valence-corrected chi connectivity index (χ1v) is 11.0. The summed E-state index contributed by atoms with van der Waals surface area (Å²) < 4.78 is 26.9. The van der Waals surface area contributed by atoms with Crippen LogP contribution in [-0.4, -0.2) is 50.7 Å². The van der Waals surface area contributed by atoms with E-state index in [0.29, 0.717) is 12.2 Å². The van der Waals surface area contributed by atoms with Crippen molar-refractivity contribution in [3.05, 3.63) is 60.2 Å². The van der Waals surface area contributed by atoms with E-state index in [1.165, 1.54) is 16.4 Å². The molecule has 1 amide bonds. The predicted octanol–water partition coefficient (Wildman–Crippen LogP) is 3.42. The summed E-state index contributed by atoms with van der Waals surface area (Å²) in [6, 6.07) is 15.7. The average Bonchev–Trinajstić information content (AvgIpc) is 2.61. The Balaban J connectivity index is 1.99. The maximum atomic E-state index is 12.8. The zero-order valence-electron chi connectivity index (χ0n) is 17.8. The number of hydrogen-bond acceptors (Lipinski definition) is 4. The number of anilines is 1. The van der Waals surface area contributed by atoms with Crippen LogP contribution in [0.25, 0.3) is 0 Å². The molecule has 0 spiro atoms. The number of nitrogens with one attached hydrogen (secondary N) is 1. The average molecular weight is 418 g/mol. The highest BCUT2D eigenvalue weighted by atomic mass is 32.2. The zero-order valence-corrected chi connectivity index (χ0v) is 18.7. The minimum atomic E-state index is -3.61. The minimum Gasteiger partial charge on any atom is -0.325 e. The molecule has 29 heavy (non-hydrogen) atoms. The lowest BCUT2D eigenvalue weighted by molar-refractivity contribution is -0.117. The molecule has 0 unspecified atom stereocenters. The van der Waals surface area contributed by atoms with E-state index < -0.39 is 10.0 Å². The van der Waals surface area contributed by atoms with E-state index in [1.807, 2.05) is 42.3 Å². The molecule has 2 aromatic carbocycles. The van der Waals surface area contributed by atoms with Gasteiger partial charge in [0, 0.05) is 25.8 Å². The normalized spacial score (nSPS) is 12.4. The Morgan fingerprint density at radius 3 is 2.10 bits per heavy atom. The van der Waals surface area contributed by atoms with Crippen LogP contribution in [0.5, 0.6) is 0 Å². The quantitative estimate of drug-likeness (QED) is 0.714. The zero-order chi connectivity index (χ0) is 21.7. The van der Waals surface area contributed by atoms with Crippen LogP contribution in [0, 0.1) is 5.41 Å². The summed E-state index contributed by atoms with van der Waals surface area (Å²) >= 11 is 0. The highest BCUT2D eigenvalue weighted by Gasteiger charge is 2.21. The third-order valence-electron chi connectivity index (χ3n) is 4.25. The van der Waals surface area contributed by atoms with Crippen LogP contribution in [0.2, 0.25) is 0 Å². The van der Waals surface area contributed by atoms with Gasteiger partial charge in [0.15, 0.2) is 0 Å². The summed E-state index contributed by atoms with van der Waals surface area (Å²) in [5, 5.41) is 2.82. The van der Waals surface area contributed by atoms with Crippen LogP contribution in [0.1, 0.15) is 26.3 Å². The number of carbonyl (C=O) groups is 1. The lowest BCUT2D eigenvalue weighted by Crippen LogP contribution is -2.35. The molecule has 0 atom stereocenters. The third kappa shape index (κ3) is 7.27. The Labute approximate surface area is 174 Å². The number of sulfonamides is 1. The van der Waals surface area contributed by atoms with Crippen molar-refractivity contribution in [3.8, 4) is 0 Å². The third-order valence-corrected chi connectivity index (χ3v) is 6.07. The van der Waals surface area contributed by atoms with Gasteiger partial charge in [-0.3, -0.25) is 9.69 Å². The summed E-state index contributed by atoms with van der Waals surface area (Å²) in [4.78, 5) is 14.4. The largest absolute Gasteiger partial charge is 0.325 e. The number of rotatable bonds is 8. The first kappa shape index (κ1) is 23.1. The molecule has 0 radical (unpaired) electrons. The first-order chi connectivity index (χ1) is 13.5. The molecule has 158 valence electrons. The predicted molar refractivity (Wildman–Crippen MR) is 117 cm³/mol. The van der Waals surface area contributed by atoms with E-state index in [0.717, 1.165) is 12.1 Å². The van der Waals surface area contributed by atoms with Gasteiger partial charge in [-0.25, -0.2) is 8.42 Å². The molecule has 1 N–H and O–H groups in total. The molecule has 0 saturated heterocycles. The van der Waals surface area contributed by atoms with Crippen molar-refractivity contribution in [1.29, 1.82) is 0 Å². The van der Waals surface area contributed by atoms with Gasteiger partial charge in [0.25, 0.3) is 0 Å². The number of likely N-dealkylation sites (N-methyl/N-ethyl adjacent to an activating group) is 1. The van der Waals surface area contributed by atoms with Gasteiger partial charge < -0.3 is 5.32 Å². The minimum absolute atomic E-state index is 0.108. The smallest absolute Gasteiger partial charge is 0.243 e. The summed E-state index contributed by atoms with van der Waals surface area (Å²) in [7, 11) is -0.145. The monoisotopic (exact) mass is 417 g/mol. The van der Waals surface area contributed by atoms with Gasteiger partial charge in [0.2, 0.25) is 15.9 Å². The summed E-state index contributed by atoms with van der Waals surface area (Å²) in [6.07, 6.45) is 0. The van der Waals surface area contributed by atoms with Crippen molar-refractivity contribution < 1.29 is 13.2 Å². The fraction of sp³-hybridized carbons (Fsp3) is 0.409. The lowest BCUT2D eigenvalue weighted by atomic mass is 9.96. The number of benzene rings is 2. The Hall–Kier alpha value is -2.22. The molecule has 0 bridgehead atoms. The molecule has 0 fully saturated rings. The van der Waals surface area contributed by atoms with Crippen molar-refractivity contribution in [3.63, 3.8) is 0 Å². The van der Waals surface area contributed by atoms with E-state index in [9.17, 15) is 13.2 Å². The fourth-order valence-electron chi connectivity index (χ4n) is 3.13. The Bertz CT molecular complexity index is 905. The van der Waals surface area contributed by atoms with Crippen LogP contribution in [-0.2, 0) is 21.4 Å². The number of carbonyl (C=O) groups excluding carboxylic acids is 1. The topological polar surface area (TPSA) is 69.7 Å². The van der Waals surface area contributed by atoms with Crippen LogP contribution < -0.4 is 5.32 Å². The molecule has 0 heterocycles. The van der Waals surface area contributed by atoms with E-state index in [2.05, 4.69) is 26.1 Å². The van der Waals surface area contributed by atoms with Crippen LogP contribution in [0.4, 0.5) is 5.69 Å². The van der Waals surface area contributed by atoms with E-state index in [1.54, 1.807) is 19.2 Å². The molecule has 6 nitrogen and oxygen atoms in total. The first-order valence-electron chi connectivity index (χ1n) is 9.56. The van der Waals surface area contributed by atoms with Gasteiger partial charge in [-0.1, -0.05) is 51.1 Å². The molecule has 0 saturated carbocycles. The second-order valence-corrected chi connectivity index (χ2v) is 10.6. The number of hydrogen-bond donors (Lipinski definition) is 1. The maximum Gasteiger partial charge on any atom is 0.243 e. The summed E-state index contributed by atoms with van der Waals surface area (Å²) in [5.74, 6) is -0.131.